The zero-order valence-electron chi connectivity index (χ0n) is 44.8. The van der Waals surface area contributed by atoms with Crippen LogP contribution in [0, 0.1) is 0 Å². The van der Waals surface area contributed by atoms with Gasteiger partial charge in [0.2, 0.25) is 29.5 Å². The maximum absolute atomic E-state index is 13.7. The number of nitrogens with two attached hydrogens (primary N) is 1. The maximum Gasteiger partial charge on any atom is 0.326 e. The van der Waals surface area contributed by atoms with E-state index in [1.165, 1.54) is 16.9 Å². The molecule has 70 heavy (non-hydrogen) atoms. The summed E-state index contributed by atoms with van der Waals surface area (Å²) < 4.78 is 5.61. The zero-order valence-corrected chi connectivity index (χ0v) is 44.8. The van der Waals surface area contributed by atoms with Gasteiger partial charge in [0.15, 0.2) is 0 Å². The maximum atomic E-state index is 13.7. The second kappa shape index (κ2) is 32.5. The summed E-state index contributed by atoms with van der Waals surface area (Å²) in [5.74, 6) is -3.36. The molecule has 1 aliphatic rings. The third-order valence-electron chi connectivity index (χ3n) is 11.2. The lowest BCUT2D eigenvalue weighted by Gasteiger charge is -2.28. The number of hydrogen-bond acceptors (Lipinski definition) is 13. The molecule has 2 heterocycles. The van der Waals surface area contributed by atoms with Crippen molar-refractivity contribution in [2.24, 2.45) is 5.73 Å². The largest absolute Gasteiger partial charge is 0.456 e. The van der Waals surface area contributed by atoms with E-state index < -0.39 is 66.9 Å². The van der Waals surface area contributed by atoms with E-state index >= 15 is 0 Å². The molecule has 2 aromatic rings. The second-order valence-electron chi connectivity index (χ2n) is 18.4. The Balaban J connectivity index is 0.00000471. The van der Waals surface area contributed by atoms with Crippen LogP contribution in [0.1, 0.15) is 111 Å². The quantitative estimate of drug-likeness (QED) is 0.0769. The van der Waals surface area contributed by atoms with Gasteiger partial charge in [0.1, 0.15) is 18.7 Å². The fourth-order valence-electron chi connectivity index (χ4n) is 7.32. The number of hydrogen-bond donors (Lipinski definition) is 5. The number of amides is 5. The fourth-order valence-corrected chi connectivity index (χ4v) is 7.32. The van der Waals surface area contributed by atoms with Crippen molar-refractivity contribution in [1.82, 2.24) is 45.4 Å². The van der Waals surface area contributed by atoms with Crippen LogP contribution in [-0.4, -0.2) is 181 Å². The molecule has 1 aromatic heterocycles. The number of carbonyl (C=O) groups is 6. The van der Waals surface area contributed by atoms with Gasteiger partial charge in [-0.1, -0.05) is 72.7 Å². The molecule has 394 valence electrons. The summed E-state index contributed by atoms with van der Waals surface area (Å²) in [4.78, 5) is 91.1. The molecule has 0 saturated carbocycles. The third-order valence-corrected chi connectivity index (χ3v) is 11.2. The first kappa shape index (κ1) is 62.6. The Kier molecular flexibility index (Phi) is 29.0. The van der Waals surface area contributed by atoms with E-state index in [1.807, 2.05) is 66.2 Å². The zero-order chi connectivity index (χ0) is 53.1. The summed E-state index contributed by atoms with van der Waals surface area (Å²) in [7, 11) is 7.69. The summed E-state index contributed by atoms with van der Waals surface area (Å²) in [6.45, 7) is 25.2. The fraction of sp³-hybridized carbons (Fsp3) is 0.635. The number of aryl methyl sites for hydroxylation is 1. The van der Waals surface area contributed by atoms with Crippen molar-refractivity contribution >= 4 is 52.1 Å². The topological polar surface area (TPSA) is 223 Å². The highest BCUT2D eigenvalue weighted by Gasteiger charge is 2.30. The van der Waals surface area contributed by atoms with Crippen LogP contribution in [0.2, 0.25) is 0 Å². The monoisotopic (exact) mass is 981 g/mol. The van der Waals surface area contributed by atoms with Crippen LogP contribution < -0.4 is 21.7 Å². The molecule has 2 atom stereocenters. The number of para-hydroxylation sites is 1. The first-order chi connectivity index (χ1) is 33.0. The molecule has 0 saturated heterocycles. The standard InChI is InChI=1S/C47H74N10O8.C3H8.C2H6/c1-11-20-57(31-42(60)50-28-44(62)65-33(4)32(3)26-39-45-36(29-56(39)10)34(12-2)35-15-13-14-16-37(35)52-45)46(63)38(27-40(48)58)51-43(61)30-55(9)25-24-54(8)23-22-53(7)21-19-49-41(59)17-18-47(5,6)64;1-3-2;1-2/h13-16,26,33,38,64H,3,11-12,17-25,27-31H2,1-2,4-10H3,(H2,48,58)(H,49,59)(H,50,60)(H,51,61);3H2,1-2H3;1-2H3/b39-26-;;/t33?,38-;;/m0../s1. The number of likely N-dealkylation sites (N-methyl/N-ethyl adjacent to an activating group) is 3. The van der Waals surface area contributed by atoms with Gasteiger partial charge in [0.25, 0.3) is 0 Å². The Labute approximate surface area is 418 Å². The molecule has 5 amide bonds. The molecular formula is C52H88N10O8. The number of fused-ring (bicyclic) bond motifs is 2. The van der Waals surface area contributed by atoms with E-state index in [4.69, 9.17) is 15.5 Å². The van der Waals surface area contributed by atoms with Crippen LogP contribution in [0.25, 0.3) is 16.6 Å². The predicted octanol–water partition coefficient (Wildman–Crippen LogP) is 3.69. The molecular weight excluding hydrogens is 893 g/mol. The van der Waals surface area contributed by atoms with Crippen LogP contribution in [-0.2, 0) is 46.5 Å². The van der Waals surface area contributed by atoms with Crippen molar-refractivity contribution in [2.75, 3.05) is 93.6 Å². The number of nitrogens with one attached hydrogen (secondary N) is 3. The van der Waals surface area contributed by atoms with Gasteiger partial charge in [-0.15, -0.1) is 0 Å². The van der Waals surface area contributed by atoms with E-state index in [0.717, 1.165) is 47.4 Å². The van der Waals surface area contributed by atoms with Crippen molar-refractivity contribution < 1.29 is 38.6 Å². The highest BCUT2D eigenvalue weighted by molar-refractivity contribution is 5.94. The minimum atomic E-state index is -1.29. The number of pyridine rings is 1. The minimum absolute atomic E-state index is 0.0559. The van der Waals surface area contributed by atoms with Crippen LogP contribution in [0.5, 0.6) is 0 Å². The van der Waals surface area contributed by atoms with Gasteiger partial charge >= 0.3 is 5.97 Å². The van der Waals surface area contributed by atoms with Gasteiger partial charge in [-0.3, -0.25) is 33.7 Å². The van der Waals surface area contributed by atoms with E-state index in [-0.39, 0.29) is 25.4 Å². The van der Waals surface area contributed by atoms with Crippen LogP contribution >= 0.6 is 0 Å². The number of ether oxygens (including phenoxy) is 1. The number of aromatic nitrogens is 1. The smallest absolute Gasteiger partial charge is 0.326 e. The molecule has 0 radical (unpaired) electrons. The molecule has 1 aliphatic heterocycles. The predicted molar refractivity (Wildman–Crippen MR) is 279 cm³/mol. The average molecular weight is 981 g/mol. The van der Waals surface area contributed by atoms with Gasteiger partial charge in [0, 0.05) is 76.8 Å². The lowest BCUT2D eigenvalue weighted by molar-refractivity contribution is -0.147. The van der Waals surface area contributed by atoms with Crippen molar-refractivity contribution in [3.63, 3.8) is 0 Å². The first-order valence-corrected chi connectivity index (χ1v) is 24.9. The number of carbonyl (C=O) groups excluding carboxylic acids is 6. The Hall–Kier alpha value is -5.43. The van der Waals surface area contributed by atoms with E-state index in [0.29, 0.717) is 51.1 Å². The number of benzene rings is 1. The van der Waals surface area contributed by atoms with Gasteiger partial charge < -0.3 is 51.1 Å². The SMILES string of the molecule is C=C(/C=C1/c2nc3ccccc3c(CC)c2CN1C)C(C)OC(=O)CNC(=O)CN(CCC)C(=O)[C@H](CC(N)=O)NC(=O)CN(C)CCN(C)CCN(C)CCNC(=O)CCC(C)(C)O.CC.CCC. The molecule has 1 aromatic carbocycles. The number of aliphatic hydroxyl groups is 1. The molecule has 0 spiro atoms. The Morgan fingerprint density at radius 3 is 2.09 bits per heavy atom. The lowest BCUT2D eigenvalue weighted by Crippen LogP contribution is -2.54. The van der Waals surface area contributed by atoms with Crippen LogP contribution in [0.15, 0.2) is 42.5 Å². The molecule has 0 bridgehead atoms. The normalized spacial score (nSPS) is 13.4. The summed E-state index contributed by atoms with van der Waals surface area (Å²) in [5.41, 5.74) is 10.2. The molecule has 3 rings (SSSR count). The van der Waals surface area contributed by atoms with E-state index in [1.54, 1.807) is 32.7 Å². The number of nitrogens with zero attached hydrogens (tertiary/aromatic N) is 6. The van der Waals surface area contributed by atoms with Crippen molar-refractivity contribution in [2.45, 2.75) is 125 Å². The van der Waals surface area contributed by atoms with Crippen LogP contribution in [0.3, 0.4) is 0 Å². The first-order valence-electron chi connectivity index (χ1n) is 24.9. The minimum Gasteiger partial charge on any atom is -0.456 e. The van der Waals surface area contributed by atoms with Gasteiger partial charge in [-0.2, -0.15) is 0 Å². The molecule has 0 aliphatic carbocycles. The Morgan fingerprint density at radius 2 is 1.50 bits per heavy atom. The summed E-state index contributed by atoms with van der Waals surface area (Å²) in [6, 6.07) is 6.77. The molecule has 18 heteroatoms. The third kappa shape index (κ3) is 23.0. The Morgan fingerprint density at radius 1 is 0.900 bits per heavy atom. The van der Waals surface area contributed by atoms with E-state index in [9.17, 15) is 33.9 Å². The highest BCUT2D eigenvalue weighted by atomic mass is 16.5. The number of rotatable bonds is 28. The van der Waals surface area contributed by atoms with Crippen molar-refractivity contribution in [3.05, 3.63) is 59.3 Å². The molecule has 1 unspecified atom stereocenters. The lowest BCUT2D eigenvalue weighted by atomic mass is 9.99. The Bertz CT molecular complexity index is 2040. The number of primary amides is 1. The molecule has 0 fully saturated rings. The highest BCUT2D eigenvalue weighted by Crippen LogP contribution is 2.37. The van der Waals surface area contributed by atoms with Crippen LogP contribution in [0.4, 0.5) is 0 Å². The van der Waals surface area contributed by atoms with E-state index in [2.05, 4.69) is 64.1 Å². The van der Waals surface area contributed by atoms with Gasteiger partial charge in [-0.05, 0) is 84.5 Å². The average Bonchev–Trinajstić information content (AvgIpc) is 3.60. The van der Waals surface area contributed by atoms with Crippen molar-refractivity contribution in [3.8, 4) is 0 Å². The van der Waals surface area contributed by atoms with Gasteiger partial charge in [-0.25, -0.2) is 4.98 Å². The summed E-state index contributed by atoms with van der Waals surface area (Å²) in [6.07, 6.45) is 3.94. The number of esters is 1. The summed E-state index contributed by atoms with van der Waals surface area (Å²) in [5, 5.41) is 19.0. The summed E-state index contributed by atoms with van der Waals surface area (Å²) >= 11 is 0. The van der Waals surface area contributed by atoms with Gasteiger partial charge in [0.05, 0.1) is 42.0 Å². The van der Waals surface area contributed by atoms with Crippen molar-refractivity contribution in [1.29, 1.82) is 0 Å². The molecule has 6 N–H and O–H groups in total. The molecule has 18 nitrogen and oxygen atoms in total. The second-order valence-corrected chi connectivity index (χ2v) is 18.4.